The molecule has 8 heteroatoms. The normalized spacial score (nSPS) is 19.8. The average Bonchev–Trinajstić information content (AvgIpc) is 2.56. The molecule has 128 valence electrons. The SMILES string of the molecule is CCCS(=O)(=O)Nc1cc(F)cc(B2OC(C)(C)C(C)(C)O2)c1. The molecule has 1 saturated heterocycles. The molecule has 23 heavy (non-hydrogen) atoms. The zero-order valence-electron chi connectivity index (χ0n) is 14.1. The van der Waals surface area contributed by atoms with Crippen LogP contribution in [0.4, 0.5) is 10.1 Å². The molecule has 0 atom stereocenters. The van der Waals surface area contributed by atoms with Crippen molar-refractivity contribution in [3.8, 4) is 0 Å². The fraction of sp³-hybridized carbons (Fsp3) is 0.600. The molecule has 0 spiro atoms. The van der Waals surface area contributed by atoms with E-state index < -0.39 is 34.2 Å². The molecular formula is C15H23BFNO4S. The molecule has 1 aliphatic heterocycles. The Labute approximate surface area is 137 Å². The van der Waals surface area contributed by atoms with Crippen molar-refractivity contribution in [3.63, 3.8) is 0 Å². The molecule has 1 aliphatic rings. The molecule has 0 unspecified atom stereocenters. The standard InChI is InChI=1S/C15H23BFNO4S/c1-6-7-23(19,20)18-13-9-11(8-12(17)10-13)16-21-14(2,3)15(4,5)22-16/h8-10,18H,6-7H2,1-5H3. The van der Waals surface area contributed by atoms with Crippen molar-refractivity contribution < 1.29 is 22.1 Å². The molecule has 1 aromatic carbocycles. The van der Waals surface area contributed by atoms with Crippen molar-refractivity contribution in [2.75, 3.05) is 10.5 Å². The molecular weight excluding hydrogens is 320 g/mol. The van der Waals surface area contributed by atoms with Gasteiger partial charge in [0.05, 0.1) is 22.6 Å². The van der Waals surface area contributed by atoms with E-state index in [1.165, 1.54) is 6.07 Å². The highest BCUT2D eigenvalue weighted by atomic mass is 32.2. The van der Waals surface area contributed by atoms with Gasteiger partial charge in [0.15, 0.2) is 0 Å². The van der Waals surface area contributed by atoms with Crippen molar-refractivity contribution in [3.05, 3.63) is 24.0 Å². The minimum absolute atomic E-state index is 0.0185. The lowest BCUT2D eigenvalue weighted by molar-refractivity contribution is 0.00578. The Bertz CT molecular complexity index is 675. The first-order valence-corrected chi connectivity index (χ1v) is 9.27. The maximum Gasteiger partial charge on any atom is 0.495 e. The predicted molar refractivity (Wildman–Crippen MR) is 89.8 cm³/mol. The van der Waals surface area contributed by atoms with Gasteiger partial charge in [-0.05, 0) is 57.8 Å². The second-order valence-corrected chi connectivity index (χ2v) is 8.62. The summed E-state index contributed by atoms with van der Waals surface area (Å²) in [7, 11) is -4.23. The Morgan fingerprint density at radius 3 is 2.22 bits per heavy atom. The van der Waals surface area contributed by atoms with Crippen molar-refractivity contribution in [2.45, 2.75) is 52.2 Å². The van der Waals surface area contributed by atoms with Gasteiger partial charge in [0.25, 0.3) is 0 Å². The van der Waals surface area contributed by atoms with Gasteiger partial charge >= 0.3 is 7.12 Å². The molecule has 0 saturated carbocycles. The van der Waals surface area contributed by atoms with Crippen LogP contribution in [0.25, 0.3) is 0 Å². The number of halogens is 1. The summed E-state index contributed by atoms with van der Waals surface area (Å²) in [6.45, 7) is 9.36. The van der Waals surface area contributed by atoms with E-state index in [9.17, 15) is 12.8 Å². The number of sulfonamides is 1. The van der Waals surface area contributed by atoms with Crippen molar-refractivity contribution >= 4 is 28.3 Å². The minimum atomic E-state index is -3.49. The van der Waals surface area contributed by atoms with Crippen LogP contribution in [0.2, 0.25) is 0 Å². The number of benzene rings is 1. The summed E-state index contributed by atoms with van der Waals surface area (Å²) in [6.07, 6.45) is 0.481. The Kier molecular flexibility index (Phi) is 4.81. The molecule has 1 heterocycles. The van der Waals surface area contributed by atoms with E-state index in [2.05, 4.69) is 4.72 Å². The molecule has 5 nitrogen and oxygen atoms in total. The Balaban J connectivity index is 2.29. The third-order valence-corrected chi connectivity index (χ3v) is 5.68. The van der Waals surface area contributed by atoms with Crippen LogP contribution < -0.4 is 10.2 Å². The fourth-order valence-corrected chi connectivity index (χ4v) is 3.40. The zero-order valence-corrected chi connectivity index (χ0v) is 15.0. The monoisotopic (exact) mass is 343 g/mol. The third-order valence-electron chi connectivity index (χ3n) is 4.19. The summed E-state index contributed by atoms with van der Waals surface area (Å²) in [5.74, 6) is -0.568. The molecule has 2 rings (SSSR count). The van der Waals surface area contributed by atoms with Gasteiger partial charge in [-0.2, -0.15) is 0 Å². The van der Waals surface area contributed by atoms with Gasteiger partial charge < -0.3 is 9.31 Å². The molecule has 0 bridgehead atoms. The first-order valence-electron chi connectivity index (χ1n) is 7.62. The lowest BCUT2D eigenvalue weighted by Crippen LogP contribution is -2.41. The van der Waals surface area contributed by atoms with Crippen molar-refractivity contribution in [1.29, 1.82) is 0 Å². The van der Waals surface area contributed by atoms with Gasteiger partial charge in [0.2, 0.25) is 10.0 Å². The highest BCUT2D eigenvalue weighted by molar-refractivity contribution is 7.92. The molecule has 1 aromatic rings. The largest absolute Gasteiger partial charge is 0.495 e. The number of nitrogens with one attached hydrogen (secondary N) is 1. The maximum atomic E-state index is 13.9. The van der Waals surface area contributed by atoms with E-state index in [0.717, 1.165) is 6.07 Å². The van der Waals surface area contributed by atoms with Gasteiger partial charge in [0.1, 0.15) is 5.82 Å². The van der Waals surface area contributed by atoms with Gasteiger partial charge in [-0.3, -0.25) is 4.72 Å². The number of hydrogen-bond donors (Lipinski definition) is 1. The smallest absolute Gasteiger partial charge is 0.399 e. The van der Waals surface area contributed by atoms with Crippen LogP contribution in [0, 0.1) is 5.82 Å². The van der Waals surface area contributed by atoms with Gasteiger partial charge in [-0.1, -0.05) is 6.92 Å². The first-order chi connectivity index (χ1) is 10.5. The average molecular weight is 343 g/mol. The minimum Gasteiger partial charge on any atom is -0.399 e. The second-order valence-electron chi connectivity index (χ2n) is 6.78. The molecule has 0 aliphatic carbocycles. The highest BCUT2D eigenvalue weighted by Crippen LogP contribution is 2.36. The third kappa shape index (κ3) is 4.05. The summed E-state index contributed by atoms with van der Waals surface area (Å²) in [5.41, 5.74) is -0.487. The summed E-state index contributed by atoms with van der Waals surface area (Å²) in [6, 6.07) is 3.97. The van der Waals surface area contributed by atoms with E-state index in [1.54, 1.807) is 13.0 Å². The van der Waals surface area contributed by atoms with Crippen molar-refractivity contribution in [2.24, 2.45) is 0 Å². The summed E-state index contributed by atoms with van der Waals surface area (Å²) in [4.78, 5) is 0. The van der Waals surface area contributed by atoms with Crippen LogP contribution in [0.1, 0.15) is 41.0 Å². The van der Waals surface area contributed by atoms with Gasteiger partial charge in [-0.25, -0.2) is 12.8 Å². The Morgan fingerprint density at radius 2 is 1.70 bits per heavy atom. The van der Waals surface area contributed by atoms with Crippen molar-refractivity contribution in [1.82, 2.24) is 0 Å². The summed E-state index contributed by atoms with van der Waals surface area (Å²) in [5, 5.41) is 0. The van der Waals surface area contributed by atoms with Crippen LogP contribution in [0.3, 0.4) is 0 Å². The fourth-order valence-electron chi connectivity index (χ4n) is 2.29. The molecule has 1 fully saturated rings. The number of hydrogen-bond acceptors (Lipinski definition) is 4. The van der Waals surface area contributed by atoms with Gasteiger partial charge in [-0.15, -0.1) is 0 Å². The zero-order chi connectivity index (χ0) is 17.5. The predicted octanol–water partition coefficient (Wildman–Crippen LogP) is 2.28. The van der Waals surface area contributed by atoms with E-state index in [1.807, 2.05) is 27.7 Å². The van der Waals surface area contributed by atoms with Gasteiger partial charge in [0, 0.05) is 0 Å². The maximum absolute atomic E-state index is 13.9. The second kappa shape index (κ2) is 6.07. The highest BCUT2D eigenvalue weighted by Gasteiger charge is 2.51. The number of anilines is 1. The van der Waals surface area contributed by atoms with Crippen LogP contribution in [-0.2, 0) is 19.3 Å². The quantitative estimate of drug-likeness (QED) is 0.833. The molecule has 1 N–H and O–H groups in total. The Morgan fingerprint density at radius 1 is 1.13 bits per heavy atom. The molecule has 0 radical (unpaired) electrons. The molecule has 0 amide bonds. The van der Waals surface area contributed by atoms with E-state index in [4.69, 9.17) is 9.31 Å². The Hall–Kier alpha value is -1.12. The van der Waals surface area contributed by atoms with Crippen LogP contribution in [-0.4, -0.2) is 32.5 Å². The summed E-state index contributed by atoms with van der Waals surface area (Å²) >= 11 is 0. The van der Waals surface area contributed by atoms with Crippen LogP contribution in [0.15, 0.2) is 18.2 Å². The first kappa shape index (κ1) is 18.2. The van der Waals surface area contributed by atoms with Crippen LogP contribution >= 0.6 is 0 Å². The lowest BCUT2D eigenvalue weighted by atomic mass is 9.79. The lowest BCUT2D eigenvalue weighted by Gasteiger charge is -2.32. The molecule has 0 aromatic heterocycles. The number of rotatable bonds is 5. The van der Waals surface area contributed by atoms with E-state index in [0.29, 0.717) is 11.9 Å². The summed E-state index contributed by atoms with van der Waals surface area (Å²) < 4.78 is 51.7. The van der Waals surface area contributed by atoms with E-state index >= 15 is 0 Å². The topological polar surface area (TPSA) is 64.6 Å². The van der Waals surface area contributed by atoms with Crippen LogP contribution in [0.5, 0.6) is 0 Å². The van der Waals surface area contributed by atoms with E-state index in [-0.39, 0.29) is 11.4 Å².